The van der Waals surface area contributed by atoms with E-state index < -0.39 is 0 Å². The van der Waals surface area contributed by atoms with Crippen molar-refractivity contribution in [3.63, 3.8) is 0 Å². The molecular formula is C29H25N5O3. The highest BCUT2D eigenvalue weighted by Crippen LogP contribution is 2.27. The number of nitrogens with zero attached hydrogens (tertiary/aromatic N) is 3. The van der Waals surface area contributed by atoms with Gasteiger partial charge in [0.05, 0.1) is 22.4 Å². The summed E-state index contributed by atoms with van der Waals surface area (Å²) in [4.78, 5) is 50.9. The number of unbranched alkanes of at least 4 members (excludes halogenated alkanes) is 1. The zero-order valence-electron chi connectivity index (χ0n) is 20.2. The number of aromatic nitrogens is 3. The second-order valence-electron chi connectivity index (χ2n) is 9.31. The van der Waals surface area contributed by atoms with E-state index in [9.17, 15) is 14.4 Å². The Hall–Kier alpha value is -4.59. The van der Waals surface area contributed by atoms with E-state index in [0.717, 1.165) is 59.6 Å². The zero-order valence-corrected chi connectivity index (χ0v) is 20.2. The van der Waals surface area contributed by atoms with Crippen molar-refractivity contribution in [1.82, 2.24) is 25.2 Å². The number of hydrogen-bond acceptors (Lipinski definition) is 5. The van der Waals surface area contributed by atoms with Gasteiger partial charge in [-0.2, -0.15) is 0 Å². The maximum absolute atomic E-state index is 12.5. The highest BCUT2D eigenvalue weighted by atomic mass is 16.2. The van der Waals surface area contributed by atoms with E-state index in [1.165, 1.54) is 4.90 Å². The molecule has 3 aromatic heterocycles. The molecule has 0 spiro atoms. The van der Waals surface area contributed by atoms with Crippen LogP contribution in [0.2, 0.25) is 0 Å². The molecule has 8 nitrogen and oxygen atoms in total. The van der Waals surface area contributed by atoms with Gasteiger partial charge in [-0.3, -0.25) is 29.3 Å². The molecule has 0 aliphatic carbocycles. The van der Waals surface area contributed by atoms with Crippen molar-refractivity contribution in [2.75, 3.05) is 13.1 Å². The van der Waals surface area contributed by atoms with Gasteiger partial charge in [-0.15, -0.1) is 0 Å². The van der Waals surface area contributed by atoms with Gasteiger partial charge < -0.3 is 10.3 Å². The van der Waals surface area contributed by atoms with Gasteiger partial charge >= 0.3 is 0 Å². The van der Waals surface area contributed by atoms with Gasteiger partial charge in [-0.1, -0.05) is 12.1 Å². The molecule has 0 fully saturated rings. The number of rotatable bonds is 7. The number of pyridine rings is 2. The lowest BCUT2D eigenvalue weighted by molar-refractivity contribution is 0.0651. The topological polar surface area (TPSA) is 108 Å². The summed E-state index contributed by atoms with van der Waals surface area (Å²) in [5.74, 6) is -0.456. The lowest BCUT2D eigenvalue weighted by atomic mass is 10.1. The van der Waals surface area contributed by atoms with Crippen LogP contribution in [0.15, 0.2) is 67.0 Å². The van der Waals surface area contributed by atoms with Crippen molar-refractivity contribution < 1.29 is 14.4 Å². The Morgan fingerprint density at radius 2 is 1.65 bits per heavy atom. The van der Waals surface area contributed by atoms with Gasteiger partial charge in [-0.05, 0) is 61.7 Å². The SMILES string of the molecule is O=C1NCCc2[nH]c(-c3ccnc(-c4ccc(CCCCN5C(=O)c6ccccc6C5=O)nc4)c3)cc21. The number of imide groups is 1. The Morgan fingerprint density at radius 3 is 2.38 bits per heavy atom. The Kier molecular flexibility index (Phi) is 5.84. The number of carbonyl (C=O) groups is 3. The minimum absolute atomic E-state index is 0.0402. The van der Waals surface area contributed by atoms with Crippen LogP contribution >= 0.6 is 0 Å². The fourth-order valence-corrected chi connectivity index (χ4v) is 4.95. The van der Waals surface area contributed by atoms with Crippen LogP contribution in [0, 0.1) is 0 Å². The van der Waals surface area contributed by atoms with Gasteiger partial charge in [0.25, 0.3) is 17.7 Å². The molecule has 0 bridgehead atoms. The largest absolute Gasteiger partial charge is 0.358 e. The minimum atomic E-state index is -0.208. The minimum Gasteiger partial charge on any atom is -0.358 e. The number of aromatic amines is 1. The van der Waals surface area contributed by atoms with Gasteiger partial charge in [0.1, 0.15) is 0 Å². The van der Waals surface area contributed by atoms with Crippen LogP contribution in [-0.4, -0.2) is 50.7 Å². The fourth-order valence-electron chi connectivity index (χ4n) is 4.95. The lowest BCUT2D eigenvalue weighted by Crippen LogP contribution is -2.31. The van der Waals surface area contributed by atoms with Crippen LogP contribution in [0.4, 0.5) is 0 Å². The highest BCUT2D eigenvalue weighted by Gasteiger charge is 2.34. The Bertz CT molecular complexity index is 1490. The fraction of sp³-hybridized carbons (Fsp3) is 0.207. The first-order valence-corrected chi connectivity index (χ1v) is 12.5. The third kappa shape index (κ3) is 4.31. The molecule has 1 aromatic carbocycles. The molecule has 4 aromatic rings. The maximum atomic E-state index is 12.5. The smallest absolute Gasteiger partial charge is 0.261 e. The molecule has 0 atom stereocenters. The summed E-state index contributed by atoms with van der Waals surface area (Å²) < 4.78 is 0. The van der Waals surface area contributed by atoms with Gasteiger partial charge in [0, 0.05) is 60.1 Å². The summed E-state index contributed by atoms with van der Waals surface area (Å²) in [7, 11) is 0. The molecule has 8 heteroatoms. The van der Waals surface area contributed by atoms with Gasteiger partial charge in [0.15, 0.2) is 0 Å². The van der Waals surface area contributed by atoms with Crippen molar-refractivity contribution >= 4 is 17.7 Å². The van der Waals surface area contributed by atoms with Crippen LogP contribution in [-0.2, 0) is 12.8 Å². The molecule has 2 aliphatic heterocycles. The summed E-state index contributed by atoms with van der Waals surface area (Å²) in [6, 6.07) is 16.8. The third-order valence-electron chi connectivity index (χ3n) is 6.94. The standard InChI is InChI=1S/C29H25N5O3/c35-27-23-16-26(33-24(23)11-13-31-27)18-10-12-30-25(15-18)19-8-9-20(32-17-19)5-3-4-14-34-28(36)21-6-1-2-7-22(21)29(34)37/h1-2,6-10,12,15-17,33H,3-5,11,13-14H2,(H,31,35). The number of amides is 3. The van der Waals surface area contributed by atoms with E-state index in [1.54, 1.807) is 30.5 Å². The van der Waals surface area contributed by atoms with Gasteiger partial charge in [0.2, 0.25) is 0 Å². The molecule has 184 valence electrons. The summed E-state index contributed by atoms with van der Waals surface area (Å²) in [5, 5.41) is 2.87. The van der Waals surface area contributed by atoms with Crippen molar-refractivity contribution in [1.29, 1.82) is 0 Å². The summed E-state index contributed by atoms with van der Waals surface area (Å²) in [6.07, 6.45) is 6.67. The summed E-state index contributed by atoms with van der Waals surface area (Å²) in [6.45, 7) is 1.05. The first kappa shape index (κ1) is 22.8. The molecule has 2 aliphatic rings. The number of H-pyrrole nitrogens is 1. The lowest BCUT2D eigenvalue weighted by Gasteiger charge is -2.13. The van der Waals surface area contributed by atoms with Crippen molar-refractivity contribution in [3.8, 4) is 22.5 Å². The zero-order chi connectivity index (χ0) is 25.4. The first-order valence-electron chi connectivity index (χ1n) is 12.5. The van der Waals surface area contributed by atoms with Crippen molar-refractivity contribution in [2.24, 2.45) is 0 Å². The summed E-state index contributed by atoms with van der Waals surface area (Å²) >= 11 is 0. The summed E-state index contributed by atoms with van der Waals surface area (Å²) in [5.41, 5.74) is 7.17. The number of nitrogens with one attached hydrogen (secondary N) is 2. The van der Waals surface area contributed by atoms with Crippen LogP contribution in [0.1, 0.15) is 55.3 Å². The molecule has 0 radical (unpaired) electrons. The van der Waals surface area contributed by atoms with Crippen molar-refractivity contribution in [3.05, 3.63) is 95.1 Å². The molecule has 37 heavy (non-hydrogen) atoms. The number of hydrogen-bond donors (Lipinski definition) is 2. The Morgan fingerprint density at radius 1 is 0.838 bits per heavy atom. The second-order valence-corrected chi connectivity index (χ2v) is 9.31. The first-order chi connectivity index (χ1) is 18.1. The van der Waals surface area contributed by atoms with Crippen LogP contribution in [0.25, 0.3) is 22.5 Å². The Balaban J connectivity index is 1.07. The molecule has 0 saturated heterocycles. The maximum Gasteiger partial charge on any atom is 0.261 e. The van der Waals surface area contributed by atoms with E-state index in [-0.39, 0.29) is 17.7 Å². The molecular weight excluding hydrogens is 466 g/mol. The van der Waals surface area contributed by atoms with E-state index in [0.29, 0.717) is 29.8 Å². The average molecular weight is 492 g/mol. The number of fused-ring (bicyclic) bond motifs is 2. The molecule has 0 saturated carbocycles. The van der Waals surface area contributed by atoms with Crippen LogP contribution < -0.4 is 5.32 Å². The van der Waals surface area contributed by atoms with E-state index in [1.807, 2.05) is 36.5 Å². The van der Waals surface area contributed by atoms with Gasteiger partial charge in [-0.25, -0.2) is 0 Å². The third-order valence-corrected chi connectivity index (χ3v) is 6.94. The molecule has 3 amide bonds. The van der Waals surface area contributed by atoms with E-state index >= 15 is 0 Å². The number of benzene rings is 1. The molecule has 5 heterocycles. The predicted molar refractivity (Wildman–Crippen MR) is 138 cm³/mol. The van der Waals surface area contributed by atoms with E-state index in [2.05, 4.69) is 20.3 Å². The molecule has 0 unspecified atom stereocenters. The molecule has 6 rings (SSSR count). The highest BCUT2D eigenvalue weighted by molar-refractivity contribution is 6.21. The second kappa shape index (κ2) is 9.46. The Labute approximate surface area is 213 Å². The van der Waals surface area contributed by atoms with Crippen LogP contribution in [0.3, 0.4) is 0 Å². The monoisotopic (exact) mass is 491 g/mol. The predicted octanol–water partition coefficient (Wildman–Crippen LogP) is 4.04. The van der Waals surface area contributed by atoms with E-state index in [4.69, 9.17) is 0 Å². The normalized spacial score (nSPS) is 14.5. The average Bonchev–Trinajstić information content (AvgIpc) is 3.48. The molecule has 2 N–H and O–H groups in total. The quantitative estimate of drug-likeness (QED) is 0.300. The number of aryl methyl sites for hydroxylation is 1. The number of carbonyl (C=O) groups excluding carboxylic acids is 3. The van der Waals surface area contributed by atoms with Crippen molar-refractivity contribution in [2.45, 2.75) is 25.7 Å². The van der Waals surface area contributed by atoms with Crippen LogP contribution in [0.5, 0.6) is 0 Å².